The number of carbonyl (C=O) groups is 2. The summed E-state index contributed by atoms with van der Waals surface area (Å²) in [6.45, 7) is 2.27. The number of nitrogens with one attached hydrogen (secondary N) is 3. The van der Waals surface area contributed by atoms with Crippen molar-refractivity contribution in [2.75, 3.05) is 13.2 Å². The molecule has 0 unspecified atom stereocenters. The number of halogens is 1. The fourth-order valence-corrected chi connectivity index (χ4v) is 2.44. The van der Waals surface area contributed by atoms with E-state index in [1.54, 1.807) is 48.5 Å². The molecule has 0 radical (unpaired) electrons. The van der Waals surface area contributed by atoms with Crippen LogP contribution >= 0.6 is 28.1 Å². The smallest absolute Gasteiger partial charge is 0.276 e. The molecule has 148 valence electrons. The lowest BCUT2D eigenvalue weighted by atomic mass is 10.2. The van der Waals surface area contributed by atoms with E-state index in [4.69, 9.17) is 21.7 Å². The van der Waals surface area contributed by atoms with E-state index < -0.39 is 11.8 Å². The van der Waals surface area contributed by atoms with Crippen LogP contribution in [0.4, 0.5) is 0 Å². The first kappa shape index (κ1) is 21.6. The van der Waals surface area contributed by atoms with Crippen LogP contribution in [-0.4, -0.2) is 30.1 Å². The molecule has 9 heteroatoms. The third-order valence-corrected chi connectivity index (χ3v) is 4.05. The van der Waals surface area contributed by atoms with Gasteiger partial charge in [0.05, 0.1) is 12.2 Å². The standard InChI is InChI=1S/C19H20BrN3O4S/c1-2-11-26-16-6-4-3-5-15(16)18(25)21-19(28)23-22-17(24)12-27-14-9-7-13(20)8-10-14/h3-10H,2,11-12H2,1H3,(H,22,24)(H2,21,23,25,28). The molecule has 0 saturated heterocycles. The first-order valence-corrected chi connectivity index (χ1v) is 9.70. The van der Waals surface area contributed by atoms with Crippen molar-refractivity contribution >= 4 is 45.1 Å². The lowest BCUT2D eigenvalue weighted by molar-refractivity contribution is -0.123. The van der Waals surface area contributed by atoms with Gasteiger partial charge in [0.2, 0.25) is 0 Å². The van der Waals surface area contributed by atoms with Crippen LogP contribution in [0.1, 0.15) is 23.7 Å². The van der Waals surface area contributed by atoms with Crippen LogP contribution in [-0.2, 0) is 4.79 Å². The van der Waals surface area contributed by atoms with Crippen molar-refractivity contribution in [3.63, 3.8) is 0 Å². The van der Waals surface area contributed by atoms with Gasteiger partial charge in [-0.1, -0.05) is 35.0 Å². The Hall–Kier alpha value is -2.65. The molecule has 0 bridgehead atoms. The number of thiocarbonyl (C=S) groups is 1. The van der Waals surface area contributed by atoms with Crippen LogP contribution in [0, 0.1) is 0 Å². The van der Waals surface area contributed by atoms with E-state index >= 15 is 0 Å². The maximum atomic E-state index is 12.4. The summed E-state index contributed by atoms with van der Waals surface area (Å²) in [6, 6.07) is 13.9. The number of carbonyl (C=O) groups excluding carboxylic acids is 2. The normalized spacial score (nSPS) is 9.93. The molecular formula is C19H20BrN3O4S. The van der Waals surface area contributed by atoms with E-state index in [0.717, 1.165) is 10.9 Å². The molecule has 0 aliphatic heterocycles. The van der Waals surface area contributed by atoms with Crippen molar-refractivity contribution in [3.8, 4) is 11.5 Å². The number of hydrogen-bond acceptors (Lipinski definition) is 5. The minimum absolute atomic E-state index is 0.0488. The first-order chi connectivity index (χ1) is 13.5. The first-order valence-electron chi connectivity index (χ1n) is 8.50. The average Bonchev–Trinajstić information content (AvgIpc) is 2.70. The van der Waals surface area contributed by atoms with Crippen molar-refractivity contribution in [2.24, 2.45) is 0 Å². The quantitative estimate of drug-likeness (QED) is 0.430. The highest BCUT2D eigenvalue weighted by atomic mass is 79.9. The largest absolute Gasteiger partial charge is 0.493 e. The second-order valence-corrected chi connectivity index (χ2v) is 6.87. The second kappa shape index (κ2) is 11.3. The van der Waals surface area contributed by atoms with E-state index in [1.807, 2.05) is 6.92 Å². The third kappa shape index (κ3) is 7.16. The van der Waals surface area contributed by atoms with Crippen LogP contribution in [0.2, 0.25) is 0 Å². The number of benzene rings is 2. The van der Waals surface area contributed by atoms with E-state index in [9.17, 15) is 9.59 Å². The molecule has 2 aromatic rings. The summed E-state index contributed by atoms with van der Waals surface area (Å²) in [4.78, 5) is 24.2. The minimum atomic E-state index is -0.453. The van der Waals surface area contributed by atoms with E-state index in [1.165, 1.54) is 0 Å². The predicted octanol–water partition coefficient (Wildman–Crippen LogP) is 2.95. The number of ether oxygens (including phenoxy) is 2. The van der Waals surface area contributed by atoms with Crippen LogP contribution in [0.25, 0.3) is 0 Å². The van der Waals surface area contributed by atoms with Gasteiger partial charge in [0.25, 0.3) is 11.8 Å². The summed E-state index contributed by atoms with van der Waals surface area (Å²) < 4.78 is 11.8. The van der Waals surface area contributed by atoms with E-state index in [0.29, 0.717) is 23.7 Å². The fourth-order valence-electron chi connectivity index (χ4n) is 2.04. The summed E-state index contributed by atoms with van der Waals surface area (Å²) in [6.07, 6.45) is 0.824. The number of para-hydroxylation sites is 1. The minimum Gasteiger partial charge on any atom is -0.493 e. The molecule has 0 atom stereocenters. The van der Waals surface area contributed by atoms with Crippen LogP contribution in [0.3, 0.4) is 0 Å². The molecule has 28 heavy (non-hydrogen) atoms. The highest BCUT2D eigenvalue weighted by Crippen LogP contribution is 2.18. The highest BCUT2D eigenvalue weighted by Gasteiger charge is 2.13. The van der Waals surface area contributed by atoms with Crippen molar-refractivity contribution in [1.82, 2.24) is 16.2 Å². The molecule has 2 rings (SSSR count). The Morgan fingerprint density at radius 1 is 1.04 bits per heavy atom. The van der Waals surface area contributed by atoms with Gasteiger partial charge >= 0.3 is 0 Å². The van der Waals surface area contributed by atoms with Gasteiger partial charge < -0.3 is 9.47 Å². The summed E-state index contributed by atoms with van der Waals surface area (Å²) in [5, 5.41) is 2.44. The molecule has 0 aromatic heterocycles. The van der Waals surface area contributed by atoms with Gasteiger partial charge in [-0.25, -0.2) is 0 Å². The monoisotopic (exact) mass is 465 g/mol. The van der Waals surface area contributed by atoms with Gasteiger partial charge in [0.15, 0.2) is 11.7 Å². The average molecular weight is 466 g/mol. The molecule has 7 nitrogen and oxygen atoms in total. The second-order valence-electron chi connectivity index (χ2n) is 5.54. The number of hydrazine groups is 1. The topological polar surface area (TPSA) is 88.7 Å². The van der Waals surface area contributed by atoms with Gasteiger partial charge in [0, 0.05) is 4.47 Å². The molecule has 0 aliphatic carbocycles. The van der Waals surface area contributed by atoms with E-state index in [2.05, 4.69) is 32.1 Å². The molecule has 2 aromatic carbocycles. The third-order valence-electron chi connectivity index (χ3n) is 3.32. The van der Waals surface area contributed by atoms with Crippen molar-refractivity contribution in [3.05, 3.63) is 58.6 Å². The highest BCUT2D eigenvalue weighted by molar-refractivity contribution is 9.10. The van der Waals surface area contributed by atoms with Crippen LogP contribution < -0.4 is 25.6 Å². The molecule has 0 aliphatic rings. The molecule has 0 saturated carbocycles. The summed E-state index contributed by atoms with van der Waals surface area (Å²) in [5.41, 5.74) is 5.17. The van der Waals surface area contributed by atoms with Crippen molar-refractivity contribution < 1.29 is 19.1 Å². The molecule has 0 heterocycles. The Bertz CT molecular complexity index is 830. The van der Waals surface area contributed by atoms with E-state index in [-0.39, 0.29) is 11.7 Å². The Morgan fingerprint density at radius 2 is 1.75 bits per heavy atom. The summed E-state index contributed by atoms with van der Waals surface area (Å²) >= 11 is 8.34. The SMILES string of the molecule is CCCOc1ccccc1C(=O)NC(=S)NNC(=O)COc1ccc(Br)cc1. The lowest BCUT2D eigenvalue weighted by Crippen LogP contribution is -2.49. The fraction of sp³-hybridized carbons (Fsp3) is 0.211. The number of hydrogen-bond donors (Lipinski definition) is 3. The van der Waals surface area contributed by atoms with Gasteiger partial charge in [-0.3, -0.25) is 25.8 Å². The molecule has 0 fully saturated rings. The zero-order valence-electron chi connectivity index (χ0n) is 15.2. The van der Waals surface area contributed by atoms with Crippen LogP contribution in [0.5, 0.6) is 11.5 Å². The Labute approximate surface area is 176 Å². The van der Waals surface area contributed by atoms with Gasteiger partial charge in [-0.05, 0) is 55.0 Å². The molecule has 0 spiro atoms. The zero-order valence-corrected chi connectivity index (χ0v) is 17.6. The zero-order chi connectivity index (χ0) is 20.4. The van der Waals surface area contributed by atoms with Crippen LogP contribution in [0.15, 0.2) is 53.0 Å². The van der Waals surface area contributed by atoms with Gasteiger partial charge in [-0.2, -0.15) is 0 Å². The Balaban J connectivity index is 1.78. The number of rotatable bonds is 7. The summed E-state index contributed by atoms with van der Waals surface area (Å²) in [7, 11) is 0. The van der Waals surface area contributed by atoms with Crippen molar-refractivity contribution in [1.29, 1.82) is 0 Å². The molecule has 2 amide bonds. The summed E-state index contributed by atoms with van der Waals surface area (Å²) in [5.74, 6) is 0.130. The maximum absolute atomic E-state index is 12.4. The lowest BCUT2D eigenvalue weighted by Gasteiger charge is -2.13. The maximum Gasteiger partial charge on any atom is 0.276 e. The molecule has 3 N–H and O–H groups in total. The Kier molecular flexibility index (Phi) is 8.70. The molecular weight excluding hydrogens is 446 g/mol. The number of amides is 2. The van der Waals surface area contributed by atoms with Crippen molar-refractivity contribution in [2.45, 2.75) is 13.3 Å². The predicted molar refractivity (Wildman–Crippen MR) is 113 cm³/mol. The Morgan fingerprint density at radius 3 is 2.46 bits per heavy atom. The van der Waals surface area contributed by atoms with Gasteiger partial charge in [-0.15, -0.1) is 0 Å². The van der Waals surface area contributed by atoms with Gasteiger partial charge in [0.1, 0.15) is 11.5 Å².